The highest BCUT2D eigenvalue weighted by Gasteiger charge is 1.94. The summed E-state index contributed by atoms with van der Waals surface area (Å²) in [4.78, 5) is 10.0. The largest absolute Gasteiger partial charge is 0.550 e. The first-order valence-electron chi connectivity index (χ1n) is 8.14. The summed E-state index contributed by atoms with van der Waals surface area (Å²) in [5.74, 6) is -1.10. The van der Waals surface area contributed by atoms with Crippen LogP contribution in [0.4, 0.5) is 0 Å². The number of aryl methyl sites for hydroxylation is 1. The average molecular weight is 358 g/mol. The number of methoxy groups -OCH3 is 1. The Balaban J connectivity index is 0.000000535. The van der Waals surface area contributed by atoms with Gasteiger partial charge in [0.15, 0.2) is 0 Å². The standard InChI is InChI=1S/C10H20O6.C7H11N2/c1-13-4-5-15-8-9-16-7-6-14-3-2-10(11)12;1-3-4-9-6-5-8(2)7-9/h2-9H2,1H3,(H,11,12);3,5-7H,1,4H2,2H3/q;+1/p-1. The van der Waals surface area contributed by atoms with Crippen LogP contribution >= 0.6 is 0 Å². The van der Waals surface area contributed by atoms with Gasteiger partial charge in [0.25, 0.3) is 0 Å². The van der Waals surface area contributed by atoms with E-state index in [-0.39, 0.29) is 13.0 Å². The highest BCUT2D eigenvalue weighted by atomic mass is 16.6. The molecule has 1 aromatic heterocycles. The fraction of sp³-hybridized carbons (Fsp3) is 0.647. The van der Waals surface area contributed by atoms with Gasteiger partial charge in [0, 0.05) is 19.5 Å². The molecule has 0 aliphatic heterocycles. The molecule has 0 saturated heterocycles. The quantitative estimate of drug-likeness (QED) is 0.249. The minimum absolute atomic E-state index is 0.0832. The Labute approximate surface area is 149 Å². The summed E-state index contributed by atoms with van der Waals surface area (Å²) in [5.41, 5.74) is 0. The van der Waals surface area contributed by atoms with Gasteiger partial charge < -0.3 is 28.8 Å². The van der Waals surface area contributed by atoms with E-state index in [1.165, 1.54) is 0 Å². The van der Waals surface area contributed by atoms with Gasteiger partial charge in [-0.25, -0.2) is 9.13 Å². The maximum absolute atomic E-state index is 10.0. The minimum Gasteiger partial charge on any atom is -0.550 e. The Morgan fingerprint density at radius 1 is 1.12 bits per heavy atom. The second-order valence-electron chi connectivity index (χ2n) is 5.02. The van der Waals surface area contributed by atoms with E-state index >= 15 is 0 Å². The smallest absolute Gasteiger partial charge is 0.243 e. The fourth-order valence-electron chi connectivity index (χ4n) is 1.60. The number of carboxylic acid groups (broad SMARTS) is 1. The molecule has 0 unspecified atom stereocenters. The normalized spacial score (nSPS) is 10.2. The van der Waals surface area contributed by atoms with Crippen LogP contribution in [0, 0.1) is 0 Å². The SMILES string of the molecule is C=CCn1cc[n+](C)c1.COCCOCCOCCOCCC(=O)[O-]. The van der Waals surface area contributed by atoms with Crippen LogP contribution in [-0.2, 0) is 37.3 Å². The third kappa shape index (κ3) is 16.9. The summed E-state index contributed by atoms with van der Waals surface area (Å²) in [6, 6.07) is 0. The number of carboxylic acids is 1. The second kappa shape index (κ2) is 17.1. The predicted molar refractivity (Wildman–Crippen MR) is 89.8 cm³/mol. The monoisotopic (exact) mass is 358 g/mol. The molecule has 144 valence electrons. The Kier molecular flexibility index (Phi) is 15.9. The van der Waals surface area contributed by atoms with Crippen LogP contribution in [-0.4, -0.2) is 63.9 Å². The zero-order chi connectivity index (χ0) is 18.8. The molecule has 0 atom stereocenters. The first-order valence-corrected chi connectivity index (χ1v) is 8.14. The third-order valence-electron chi connectivity index (χ3n) is 2.79. The van der Waals surface area contributed by atoms with Gasteiger partial charge >= 0.3 is 0 Å². The molecule has 0 N–H and O–H groups in total. The van der Waals surface area contributed by atoms with Crippen molar-refractivity contribution < 1.29 is 33.4 Å². The molecular formula is C17H30N2O6. The van der Waals surface area contributed by atoms with E-state index in [0.29, 0.717) is 39.6 Å². The molecule has 1 heterocycles. The van der Waals surface area contributed by atoms with Crippen LogP contribution in [0.25, 0.3) is 0 Å². The molecule has 0 bridgehead atoms. The Morgan fingerprint density at radius 3 is 2.12 bits per heavy atom. The van der Waals surface area contributed by atoms with E-state index in [9.17, 15) is 9.90 Å². The lowest BCUT2D eigenvalue weighted by Gasteiger charge is -2.06. The lowest BCUT2D eigenvalue weighted by molar-refractivity contribution is -0.671. The molecule has 8 heteroatoms. The first-order chi connectivity index (χ1) is 12.1. The molecule has 0 fully saturated rings. The summed E-state index contributed by atoms with van der Waals surface area (Å²) >= 11 is 0. The number of carbonyl (C=O) groups is 1. The summed E-state index contributed by atoms with van der Waals surface area (Å²) < 4.78 is 24.2. The minimum atomic E-state index is -1.10. The number of imidazole rings is 1. The van der Waals surface area contributed by atoms with Crippen molar-refractivity contribution in [3.63, 3.8) is 0 Å². The Morgan fingerprint density at radius 2 is 1.68 bits per heavy atom. The van der Waals surface area contributed by atoms with Gasteiger partial charge in [-0.1, -0.05) is 12.7 Å². The van der Waals surface area contributed by atoms with E-state index in [4.69, 9.17) is 18.9 Å². The molecule has 25 heavy (non-hydrogen) atoms. The van der Waals surface area contributed by atoms with Crippen LogP contribution in [0.5, 0.6) is 0 Å². The van der Waals surface area contributed by atoms with E-state index in [0.717, 1.165) is 6.54 Å². The Hall–Kier alpha value is -1.74. The van der Waals surface area contributed by atoms with E-state index < -0.39 is 5.97 Å². The molecule has 0 aliphatic carbocycles. The molecule has 0 spiro atoms. The number of hydrogen-bond donors (Lipinski definition) is 0. The molecule has 0 aromatic carbocycles. The maximum Gasteiger partial charge on any atom is 0.243 e. The van der Waals surface area contributed by atoms with E-state index in [2.05, 4.69) is 11.1 Å². The zero-order valence-electron chi connectivity index (χ0n) is 15.2. The molecule has 1 aromatic rings. The zero-order valence-corrected chi connectivity index (χ0v) is 15.2. The first kappa shape index (κ1) is 23.3. The Bertz CT molecular complexity index is 450. The van der Waals surface area contributed by atoms with Gasteiger partial charge in [-0.15, -0.1) is 0 Å². The van der Waals surface area contributed by atoms with Gasteiger partial charge in [0.1, 0.15) is 18.9 Å². The fourth-order valence-corrected chi connectivity index (χ4v) is 1.60. The molecule has 0 amide bonds. The van der Waals surface area contributed by atoms with Crippen molar-refractivity contribution in [1.29, 1.82) is 0 Å². The van der Waals surface area contributed by atoms with Crippen molar-refractivity contribution >= 4 is 5.97 Å². The average Bonchev–Trinajstić information content (AvgIpc) is 2.98. The summed E-state index contributed by atoms with van der Waals surface area (Å²) in [7, 11) is 3.61. The van der Waals surface area contributed by atoms with Crippen molar-refractivity contribution in [2.24, 2.45) is 7.05 Å². The number of rotatable bonds is 14. The highest BCUT2D eigenvalue weighted by molar-refractivity contribution is 5.64. The van der Waals surface area contributed by atoms with Crippen LogP contribution in [0.2, 0.25) is 0 Å². The number of aromatic nitrogens is 2. The van der Waals surface area contributed by atoms with Crippen molar-refractivity contribution in [1.82, 2.24) is 4.57 Å². The summed E-state index contributed by atoms with van der Waals surface area (Å²) in [5, 5.41) is 10.0. The van der Waals surface area contributed by atoms with E-state index in [1.807, 2.05) is 36.4 Å². The lowest BCUT2D eigenvalue weighted by Crippen LogP contribution is -2.24. The lowest BCUT2D eigenvalue weighted by atomic mass is 10.5. The summed E-state index contributed by atoms with van der Waals surface area (Å²) in [6.07, 6.45) is 7.83. The van der Waals surface area contributed by atoms with Gasteiger partial charge in [-0.2, -0.15) is 0 Å². The number of allylic oxidation sites excluding steroid dienone is 1. The van der Waals surface area contributed by atoms with Crippen molar-refractivity contribution in [2.45, 2.75) is 13.0 Å². The van der Waals surface area contributed by atoms with Gasteiger partial charge in [0.05, 0.1) is 53.3 Å². The number of ether oxygens (including phenoxy) is 4. The molecule has 0 aliphatic rings. The number of aliphatic carboxylic acids is 1. The molecule has 0 radical (unpaired) electrons. The van der Waals surface area contributed by atoms with Crippen molar-refractivity contribution in [2.75, 3.05) is 53.4 Å². The topological polar surface area (TPSA) is 85.9 Å². The maximum atomic E-state index is 10.0. The second-order valence-corrected chi connectivity index (χ2v) is 5.02. The highest BCUT2D eigenvalue weighted by Crippen LogP contribution is 1.84. The van der Waals surface area contributed by atoms with Crippen LogP contribution in [0.1, 0.15) is 6.42 Å². The van der Waals surface area contributed by atoms with Crippen molar-refractivity contribution in [3.8, 4) is 0 Å². The number of hydrogen-bond acceptors (Lipinski definition) is 6. The van der Waals surface area contributed by atoms with Crippen LogP contribution in [0.15, 0.2) is 31.4 Å². The van der Waals surface area contributed by atoms with Gasteiger partial charge in [-0.3, -0.25) is 0 Å². The third-order valence-corrected chi connectivity index (χ3v) is 2.79. The predicted octanol–water partition coefficient (Wildman–Crippen LogP) is -0.679. The number of carbonyl (C=O) groups excluding carboxylic acids is 1. The van der Waals surface area contributed by atoms with Crippen LogP contribution in [0.3, 0.4) is 0 Å². The summed E-state index contributed by atoms with van der Waals surface area (Å²) in [6.45, 7) is 7.64. The molecule has 1 rings (SSSR count). The van der Waals surface area contributed by atoms with E-state index in [1.54, 1.807) is 7.11 Å². The van der Waals surface area contributed by atoms with Crippen molar-refractivity contribution in [3.05, 3.63) is 31.4 Å². The number of nitrogens with zero attached hydrogens (tertiary/aromatic N) is 2. The van der Waals surface area contributed by atoms with Gasteiger partial charge in [0.2, 0.25) is 6.33 Å². The molecule has 0 saturated carbocycles. The molecular weight excluding hydrogens is 328 g/mol. The van der Waals surface area contributed by atoms with Gasteiger partial charge in [-0.05, 0) is 0 Å². The van der Waals surface area contributed by atoms with Crippen LogP contribution < -0.4 is 9.67 Å². The molecule has 8 nitrogen and oxygen atoms in total.